The minimum absolute atomic E-state index is 0. The summed E-state index contributed by atoms with van der Waals surface area (Å²) in [6, 6.07) is 5.91. The molecule has 0 amide bonds. The molecular formula is C26H33F4N4NaO9. The van der Waals surface area contributed by atoms with Gasteiger partial charge >= 0.3 is 29.6 Å². The Bertz CT molecular complexity index is 1180. The minimum Gasteiger partial charge on any atom is -0.481 e. The number of nitroso groups, excluding NO2 is 1. The molecule has 2 saturated heterocycles. The van der Waals surface area contributed by atoms with Crippen molar-refractivity contribution in [1.82, 2.24) is 10.3 Å². The fraction of sp³-hybridized carbons (Fsp3) is 0.500. The topological polar surface area (TPSA) is 193 Å². The van der Waals surface area contributed by atoms with E-state index in [2.05, 4.69) is 10.6 Å². The molecule has 0 spiro atoms. The summed E-state index contributed by atoms with van der Waals surface area (Å²) in [6.45, 7) is 2.23. The zero-order valence-electron chi connectivity index (χ0n) is 24.2. The largest absolute Gasteiger partial charge is 1.00 e. The number of carboxylic acid groups (broad SMARTS) is 1. The molecule has 2 heterocycles. The van der Waals surface area contributed by atoms with E-state index >= 15 is 0 Å². The number of ether oxygens (including phenoxy) is 2. The van der Waals surface area contributed by atoms with Crippen LogP contribution in [0.3, 0.4) is 0 Å². The van der Waals surface area contributed by atoms with Gasteiger partial charge < -0.3 is 40.2 Å². The molecule has 2 aromatic rings. The van der Waals surface area contributed by atoms with Crippen LogP contribution < -0.4 is 44.3 Å². The van der Waals surface area contributed by atoms with Crippen molar-refractivity contribution in [3.8, 4) is 11.5 Å². The molecule has 0 radical (unpaired) electrons. The number of aliphatic carboxylic acids is 1. The molecule has 0 aromatic heterocycles. The number of nitrogens with one attached hydrogen (secondary N) is 1. The average molecular weight is 645 g/mol. The Kier molecular flexibility index (Phi) is 19.3. The van der Waals surface area contributed by atoms with E-state index in [1.807, 2.05) is 0 Å². The molecule has 4 rings (SSSR count). The van der Waals surface area contributed by atoms with Crippen LogP contribution >= 0.6 is 0 Å². The van der Waals surface area contributed by atoms with E-state index in [1.165, 1.54) is 5.01 Å². The Hall–Kier alpha value is -3.09. The van der Waals surface area contributed by atoms with Crippen molar-refractivity contribution >= 4 is 5.97 Å². The van der Waals surface area contributed by atoms with Gasteiger partial charge in [-0.15, -0.1) is 10.2 Å². The molecule has 0 aliphatic carbocycles. The van der Waals surface area contributed by atoms with E-state index in [4.69, 9.17) is 29.5 Å². The number of hydrogen-bond acceptors (Lipinski definition) is 11. The van der Waals surface area contributed by atoms with Crippen LogP contribution in [0.1, 0.15) is 32.6 Å². The van der Waals surface area contributed by atoms with Crippen molar-refractivity contribution in [2.75, 3.05) is 39.4 Å². The van der Waals surface area contributed by atoms with Gasteiger partial charge in [-0.1, -0.05) is 0 Å². The van der Waals surface area contributed by atoms with Crippen LogP contribution in [0.5, 0.6) is 11.5 Å². The molecule has 2 atom stereocenters. The molecule has 13 nitrogen and oxygen atoms in total. The molecular weight excluding hydrogens is 611 g/mol. The zero-order valence-corrected chi connectivity index (χ0v) is 26.2. The maximum absolute atomic E-state index is 13.5. The maximum atomic E-state index is 13.5. The summed E-state index contributed by atoms with van der Waals surface area (Å²) in [7, 11) is 0. The van der Waals surface area contributed by atoms with Gasteiger partial charge in [-0.2, -0.15) is 0 Å². The normalized spacial score (nSPS) is 20.4. The molecule has 0 saturated carbocycles. The van der Waals surface area contributed by atoms with Gasteiger partial charge in [0.2, 0.25) is 0 Å². The smallest absolute Gasteiger partial charge is 0.481 e. The first-order valence-electron chi connectivity index (χ1n) is 12.8. The second kappa shape index (κ2) is 20.8. The first kappa shape index (κ1) is 40.9. The summed E-state index contributed by atoms with van der Waals surface area (Å²) in [5.74, 6) is -3.79. The van der Waals surface area contributed by atoms with Crippen LogP contribution in [-0.2, 0) is 4.79 Å². The Labute approximate surface area is 272 Å². The number of piperidine rings is 2. The van der Waals surface area contributed by atoms with Crippen LogP contribution in [0, 0.1) is 38.3 Å². The SMILES string of the molecule is CC(=O)O.O=NN1CCCC(CO)(Oc2cc(F)ccc2F)C1.O=N[O-].OCC1(Oc2cc(F)ccc2F)CCCNC1.[Na+]. The number of nitrogens with zero attached hydrogens (tertiary/aromatic N) is 3. The van der Waals surface area contributed by atoms with Gasteiger partial charge in [0.15, 0.2) is 28.7 Å². The van der Waals surface area contributed by atoms with Gasteiger partial charge in [0.1, 0.15) is 17.2 Å². The fourth-order valence-electron chi connectivity index (χ4n) is 4.16. The number of aliphatic hydroxyl groups is 2. The number of hydrogen-bond donors (Lipinski definition) is 4. The summed E-state index contributed by atoms with van der Waals surface area (Å²) < 4.78 is 64.0. The molecule has 18 heteroatoms. The van der Waals surface area contributed by atoms with Crippen LogP contribution in [-0.4, -0.2) is 76.9 Å². The standard InChI is InChI=1S/C12H14F2N2O3.C12H15F2NO2.C2H4O2.HNO2.Na/c13-9-2-3-10(14)11(6-9)19-12(8-17)4-1-5-16(7-12)15-18;13-9-2-3-10(14)11(6-9)17-12(8-16)4-1-5-15-7-12;1-2(3)4;2-1-3;/h2-3,6,17H,1,4-5,7-8H2;2-3,6,15-16H,1,4-5,7-8H2;1H3,(H,3,4);(H,2,3);/q;;;;+1/p-1. The van der Waals surface area contributed by atoms with Crippen molar-refractivity contribution in [2.24, 2.45) is 10.6 Å². The van der Waals surface area contributed by atoms with Crippen LogP contribution in [0.15, 0.2) is 47.0 Å². The van der Waals surface area contributed by atoms with Gasteiger partial charge in [0.05, 0.1) is 25.0 Å². The van der Waals surface area contributed by atoms with E-state index in [0.29, 0.717) is 32.4 Å². The summed E-state index contributed by atoms with van der Waals surface area (Å²) in [6.07, 6.45) is 2.46. The molecule has 2 unspecified atom stereocenters. The molecule has 2 aliphatic heterocycles. The summed E-state index contributed by atoms with van der Waals surface area (Å²) in [5, 5.41) is 42.3. The molecule has 44 heavy (non-hydrogen) atoms. The van der Waals surface area contributed by atoms with Crippen LogP contribution in [0.4, 0.5) is 17.6 Å². The average Bonchev–Trinajstić information content (AvgIpc) is 2.98. The number of benzene rings is 2. The van der Waals surface area contributed by atoms with Gasteiger partial charge in [0.25, 0.3) is 5.97 Å². The Balaban J connectivity index is 0.000000684. The van der Waals surface area contributed by atoms with Gasteiger partial charge in [-0.05, 0) is 56.5 Å². The number of rotatable bonds is 7. The quantitative estimate of drug-likeness (QED) is 0.143. The third-order valence-corrected chi connectivity index (χ3v) is 6.08. The van der Waals surface area contributed by atoms with Crippen LogP contribution in [0.25, 0.3) is 0 Å². The van der Waals surface area contributed by atoms with E-state index in [9.17, 15) is 32.7 Å². The zero-order chi connectivity index (χ0) is 32.5. The van der Waals surface area contributed by atoms with Crippen molar-refractivity contribution in [1.29, 1.82) is 0 Å². The number of aliphatic hydroxyl groups excluding tert-OH is 2. The predicted octanol–water partition coefficient (Wildman–Crippen LogP) is 0.656. The Morgan fingerprint density at radius 3 is 1.82 bits per heavy atom. The summed E-state index contributed by atoms with van der Waals surface area (Å²) in [4.78, 5) is 27.5. The fourth-order valence-corrected chi connectivity index (χ4v) is 4.16. The third-order valence-electron chi connectivity index (χ3n) is 6.08. The molecule has 0 bridgehead atoms. The van der Waals surface area contributed by atoms with Crippen molar-refractivity contribution < 1.29 is 76.7 Å². The van der Waals surface area contributed by atoms with E-state index in [0.717, 1.165) is 61.6 Å². The summed E-state index contributed by atoms with van der Waals surface area (Å²) >= 11 is 0. The van der Waals surface area contributed by atoms with E-state index in [-0.39, 0.29) is 54.2 Å². The first-order chi connectivity index (χ1) is 20.4. The molecule has 4 N–H and O–H groups in total. The molecule has 240 valence electrons. The van der Waals surface area contributed by atoms with E-state index in [1.54, 1.807) is 0 Å². The molecule has 2 aromatic carbocycles. The van der Waals surface area contributed by atoms with Gasteiger partial charge in [-0.3, -0.25) is 9.80 Å². The van der Waals surface area contributed by atoms with Crippen molar-refractivity contribution in [2.45, 2.75) is 43.8 Å². The predicted molar refractivity (Wildman–Crippen MR) is 145 cm³/mol. The Morgan fingerprint density at radius 2 is 1.41 bits per heavy atom. The van der Waals surface area contributed by atoms with Crippen molar-refractivity contribution in [3.63, 3.8) is 0 Å². The molecule has 2 aliphatic rings. The van der Waals surface area contributed by atoms with Gasteiger partial charge in [-0.25, -0.2) is 17.6 Å². The van der Waals surface area contributed by atoms with Gasteiger partial charge in [0, 0.05) is 32.1 Å². The minimum atomic E-state index is -1.14. The first-order valence-corrected chi connectivity index (χ1v) is 12.8. The third kappa shape index (κ3) is 14.1. The second-order valence-corrected chi connectivity index (χ2v) is 9.48. The Morgan fingerprint density at radius 1 is 0.955 bits per heavy atom. The van der Waals surface area contributed by atoms with E-state index < -0.39 is 47.0 Å². The number of carboxylic acids is 1. The molecule has 2 fully saturated rings. The number of halogens is 4. The summed E-state index contributed by atoms with van der Waals surface area (Å²) in [5.41, 5.74) is -1.99. The van der Waals surface area contributed by atoms with Crippen LogP contribution in [0.2, 0.25) is 0 Å². The maximum Gasteiger partial charge on any atom is 1.00 e. The second-order valence-electron chi connectivity index (χ2n) is 9.48. The van der Waals surface area contributed by atoms with Crippen molar-refractivity contribution in [3.05, 3.63) is 74.7 Å². The number of carbonyl (C=O) groups is 1. The monoisotopic (exact) mass is 644 g/mol.